The minimum absolute atomic E-state index is 0.0995. The van der Waals surface area contributed by atoms with Gasteiger partial charge in [0.05, 0.1) is 11.6 Å². The lowest BCUT2D eigenvalue weighted by Crippen LogP contribution is -2.18. The van der Waals surface area contributed by atoms with Gasteiger partial charge in [-0.15, -0.1) is 0 Å². The van der Waals surface area contributed by atoms with E-state index in [1.165, 1.54) is 13.2 Å². The molecule has 0 heterocycles. The third kappa shape index (κ3) is 3.02. The van der Waals surface area contributed by atoms with Gasteiger partial charge >= 0.3 is 0 Å². The first-order chi connectivity index (χ1) is 9.54. The predicted octanol–water partition coefficient (Wildman–Crippen LogP) is 4.40. The highest BCUT2D eigenvalue weighted by atomic mass is 79.9. The van der Waals surface area contributed by atoms with Gasteiger partial charge in [-0.2, -0.15) is 0 Å². The van der Waals surface area contributed by atoms with Gasteiger partial charge in [0, 0.05) is 23.6 Å². The van der Waals surface area contributed by atoms with Crippen molar-refractivity contribution in [2.75, 3.05) is 7.11 Å². The van der Waals surface area contributed by atoms with E-state index in [2.05, 4.69) is 22.9 Å². The maximum Gasteiger partial charge on any atom is 0.141 e. The number of hydrogen-bond donors (Lipinski definition) is 1. The van der Waals surface area contributed by atoms with Gasteiger partial charge in [0.1, 0.15) is 11.6 Å². The summed E-state index contributed by atoms with van der Waals surface area (Å²) in [5, 5.41) is 0. The molecule has 0 amide bonds. The Bertz CT molecular complexity index is 589. The van der Waals surface area contributed by atoms with Crippen LogP contribution in [-0.4, -0.2) is 7.11 Å². The van der Waals surface area contributed by atoms with Crippen molar-refractivity contribution in [1.82, 2.24) is 0 Å². The Kier molecular flexibility index (Phi) is 4.78. The van der Waals surface area contributed by atoms with Crippen LogP contribution in [0.15, 0.2) is 46.9 Å². The Balaban J connectivity index is 2.38. The number of halogens is 2. The molecule has 0 aliphatic rings. The molecule has 0 fully saturated rings. The summed E-state index contributed by atoms with van der Waals surface area (Å²) in [5.41, 5.74) is 8.27. The lowest BCUT2D eigenvalue weighted by Gasteiger charge is -2.23. The average molecular weight is 338 g/mol. The van der Waals surface area contributed by atoms with E-state index in [1.54, 1.807) is 6.07 Å². The van der Waals surface area contributed by atoms with Gasteiger partial charge in [0.15, 0.2) is 0 Å². The molecule has 0 aliphatic heterocycles. The SMILES string of the molecule is COc1cc(F)c(Br)cc1C(N)C(C)c1ccccc1. The molecular formula is C16H17BrFNO. The maximum absolute atomic E-state index is 13.6. The van der Waals surface area contributed by atoms with Gasteiger partial charge in [-0.3, -0.25) is 0 Å². The van der Waals surface area contributed by atoms with Gasteiger partial charge in [-0.05, 0) is 27.6 Å². The molecule has 0 radical (unpaired) electrons. The standard InChI is InChI=1S/C16H17BrFNO/c1-10(11-6-4-3-5-7-11)16(19)12-8-13(17)14(18)9-15(12)20-2/h3-10,16H,19H2,1-2H3. The van der Waals surface area contributed by atoms with Gasteiger partial charge in [0.2, 0.25) is 0 Å². The molecule has 0 aromatic heterocycles. The van der Waals surface area contributed by atoms with Crippen molar-refractivity contribution in [1.29, 1.82) is 0 Å². The van der Waals surface area contributed by atoms with E-state index < -0.39 is 0 Å². The van der Waals surface area contributed by atoms with Gasteiger partial charge in [-0.25, -0.2) is 4.39 Å². The highest BCUT2D eigenvalue weighted by Crippen LogP contribution is 2.36. The number of methoxy groups -OCH3 is 1. The van der Waals surface area contributed by atoms with Crippen LogP contribution >= 0.6 is 15.9 Å². The Morgan fingerprint density at radius 2 is 1.85 bits per heavy atom. The second-order valence-corrected chi connectivity index (χ2v) is 5.59. The van der Waals surface area contributed by atoms with Crippen LogP contribution in [0.1, 0.15) is 30.0 Å². The fraction of sp³-hybridized carbons (Fsp3) is 0.250. The quantitative estimate of drug-likeness (QED) is 0.897. The summed E-state index contributed by atoms with van der Waals surface area (Å²) in [5.74, 6) is 0.216. The lowest BCUT2D eigenvalue weighted by molar-refractivity contribution is 0.398. The first-order valence-corrected chi connectivity index (χ1v) is 7.17. The van der Waals surface area contributed by atoms with E-state index in [0.717, 1.165) is 11.1 Å². The summed E-state index contributed by atoms with van der Waals surface area (Å²) >= 11 is 3.20. The molecule has 0 bridgehead atoms. The summed E-state index contributed by atoms with van der Waals surface area (Å²) in [4.78, 5) is 0. The smallest absolute Gasteiger partial charge is 0.141 e. The average Bonchev–Trinajstić information content (AvgIpc) is 2.49. The molecular weight excluding hydrogens is 321 g/mol. The summed E-state index contributed by atoms with van der Waals surface area (Å²) in [6.45, 7) is 2.05. The summed E-state index contributed by atoms with van der Waals surface area (Å²) in [7, 11) is 1.52. The van der Waals surface area contributed by atoms with Gasteiger partial charge in [0.25, 0.3) is 0 Å². The monoisotopic (exact) mass is 337 g/mol. The number of benzene rings is 2. The Labute approximate surface area is 126 Å². The molecule has 2 aromatic rings. The Hall–Kier alpha value is -1.39. The minimum Gasteiger partial charge on any atom is -0.496 e. The molecule has 2 N–H and O–H groups in total. The zero-order valence-corrected chi connectivity index (χ0v) is 13.0. The van der Waals surface area contributed by atoms with Crippen molar-refractivity contribution in [3.8, 4) is 5.75 Å². The predicted molar refractivity (Wildman–Crippen MR) is 82.4 cm³/mol. The van der Waals surface area contributed by atoms with E-state index in [9.17, 15) is 4.39 Å². The minimum atomic E-state index is -0.356. The fourth-order valence-corrected chi connectivity index (χ4v) is 2.58. The number of ether oxygens (including phenoxy) is 1. The Morgan fingerprint density at radius 3 is 2.45 bits per heavy atom. The molecule has 2 atom stereocenters. The molecule has 2 unspecified atom stereocenters. The van der Waals surface area contributed by atoms with Crippen LogP contribution in [0.5, 0.6) is 5.75 Å². The van der Waals surface area contributed by atoms with Crippen LogP contribution in [0.3, 0.4) is 0 Å². The number of rotatable bonds is 4. The lowest BCUT2D eigenvalue weighted by atomic mass is 9.89. The molecule has 0 aliphatic carbocycles. The van der Waals surface area contributed by atoms with Crippen molar-refractivity contribution < 1.29 is 9.13 Å². The second-order valence-electron chi connectivity index (χ2n) is 4.73. The zero-order chi connectivity index (χ0) is 14.7. The van der Waals surface area contributed by atoms with Gasteiger partial charge in [-0.1, -0.05) is 37.3 Å². The van der Waals surface area contributed by atoms with Crippen molar-refractivity contribution in [3.63, 3.8) is 0 Å². The fourth-order valence-electron chi connectivity index (χ4n) is 2.21. The molecule has 2 aromatic carbocycles. The zero-order valence-electron chi connectivity index (χ0n) is 11.4. The third-order valence-electron chi connectivity index (χ3n) is 3.50. The molecule has 0 saturated carbocycles. The molecule has 0 saturated heterocycles. The van der Waals surface area contributed by atoms with Crippen molar-refractivity contribution in [2.24, 2.45) is 5.73 Å². The first-order valence-electron chi connectivity index (χ1n) is 6.38. The van der Waals surface area contributed by atoms with Crippen LogP contribution in [0.2, 0.25) is 0 Å². The number of nitrogens with two attached hydrogens (primary N) is 1. The molecule has 2 nitrogen and oxygen atoms in total. The first kappa shape index (κ1) is 15.0. The summed E-state index contributed by atoms with van der Waals surface area (Å²) in [6, 6.07) is 12.8. The van der Waals surface area contributed by atoms with Crippen molar-refractivity contribution in [2.45, 2.75) is 18.9 Å². The molecule has 2 rings (SSSR count). The second kappa shape index (κ2) is 6.37. The molecule has 106 valence electrons. The summed E-state index contributed by atoms with van der Waals surface area (Å²) in [6.07, 6.45) is 0. The van der Waals surface area contributed by atoms with Crippen LogP contribution in [0.4, 0.5) is 4.39 Å². The maximum atomic E-state index is 13.6. The van der Waals surface area contributed by atoms with E-state index in [1.807, 2.05) is 30.3 Å². The third-order valence-corrected chi connectivity index (χ3v) is 4.10. The van der Waals surface area contributed by atoms with Crippen LogP contribution in [0.25, 0.3) is 0 Å². The highest BCUT2D eigenvalue weighted by molar-refractivity contribution is 9.10. The molecule has 4 heteroatoms. The highest BCUT2D eigenvalue weighted by Gasteiger charge is 2.21. The molecule has 0 spiro atoms. The van der Waals surface area contributed by atoms with Crippen LogP contribution in [0, 0.1) is 5.82 Å². The van der Waals surface area contributed by atoms with Crippen molar-refractivity contribution >= 4 is 15.9 Å². The molecule has 20 heavy (non-hydrogen) atoms. The Morgan fingerprint density at radius 1 is 1.20 bits per heavy atom. The van der Waals surface area contributed by atoms with E-state index in [4.69, 9.17) is 10.5 Å². The van der Waals surface area contributed by atoms with Crippen LogP contribution < -0.4 is 10.5 Å². The van der Waals surface area contributed by atoms with Crippen molar-refractivity contribution in [3.05, 3.63) is 63.9 Å². The van der Waals surface area contributed by atoms with E-state index >= 15 is 0 Å². The topological polar surface area (TPSA) is 35.2 Å². The van der Waals surface area contributed by atoms with E-state index in [0.29, 0.717) is 10.2 Å². The summed E-state index contributed by atoms with van der Waals surface area (Å²) < 4.78 is 19.2. The van der Waals surface area contributed by atoms with E-state index in [-0.39, 0.29) is 17.8 Å². The van der Waals surface area contributed by atoms with Crippen LogP contribution in [-0.2, 0) is 0 Å². The normalized spacial score (nSPS) is 13.8. The number of hydrogen-bond acceptors (Lipinski definition) is 2. The van der Waals surface area contributed by atoms with Gasteiger partial charge < -0.3 is 10.5 Å². The largest absolute Gasteiger partial charge is 0.496 e.